The third-order valence-corrected chi connectivity index (χ3v) is 3.46. The molecule has 14 heavy (non-hydrogen) atoms. The highest BCUT2D eigenvalue weighted by atomic mass is 16.3. The van der Waals surface area contributed by atoms with Gasteiger partial charge in [-0.2, -0.15) is 0 Å². The Kier molecular flexibility index (Phi) is 2.15. The van der Waals surface area contributed by atoms with Crippen LogP contribution in [0.4, 0.5) is 0 Å². The van der Waals surface area contributed by atoms with Gasteiger partial charge in [0.1, 0.15) is 0 Å². The quantitative estimate of drug-likeness (QED) is 0.760. The topological polar surface area (TPSA) is 20.2 Å². The molecular weight excluding hydrogens is 172 g/mol. The van der Waals surface area contributed by atoms with Crippen LogP contribution in [0.5, 0.6) is 0 Å². The summed E-state index contributed by atoms with van der Waals surface area (Å²) in [4.78, 5) is 0. The van der Waals surface area contributed by atoms with Gasteiger partial charge in [0, 0.05) is 0 Å². The van der Waals surface area contributed by atoms with Crippen LogP contribution in [0.3, 0.4) is 0 Å². The molecule has 0 saturated heterocycles. The summed E-state index contributed by atoms with van der Waals surface area (Å²) in [5, 5.41) is 10.3. The second-order valence-electron chi connectivity index (χ2n) is 4.72. The standard InChI is InChI=1S/C13H18O/c1-9-4-5-12(8-10(9)2)13(3,14)11-6-7-11/h4-5,8,11,14H,6-7H2,1-3H3. The van der Waals surface area contributed by atoms with Gasteiger partial charge in [-0.1, -0.05) is 18.2 Å². The van der Waals surface area contributed by atoms with Gasteiger partial charge in [0.25, 0.3) is 0 Å². The molecule has 1 aliphatic carbocycles. The van der Waals surface area contributed by atoms with Crippen LogP contribution >= 0.6 is 0 Å². The maximum Gasteiger partial charge on any atom is 0.0896 e. The van der Waals surface area contributed by atoms with Crippen molar-refractivity contribution in [2.24, 2.45) is 5.92 Å². The Morgan fingerprint density at radius 2 is 1.86 bits per heavy atom. The number of benzene rings is 1. The lowest BCUT2D eigenvalue weighted by Crippen LogP contribution is -2.23. The van der Waals surface area contributed by atoms with Crippen molar-refractivity contribution in [2.75, 3.05) is 0 Å². The molecule has 0 heterocycles. The zero-order chi connectivity index (χ0) is 10.3. The summed E-state index contributed by atoms with van der Waals surface area (Å²) in [7, 11) is 0. The summed E-state index contributed by atoms with van der Waals surface area (Å²) in [6.45, 7) is 6.14. The normalized spacial score (nSPS) is 20.6. The number of hydrogen-bond donors (Lipinski definition) is 1. The molecule has 1 N–H and O–H groups in total. The van der Waals surface area contributed by atoms with Crippen LogP contribution in [-0.4, -0.2) is 5.11 Å². The molecule has 0 spiro atoms. The predicted octanol–water partition coefficient (Wildman–Crippen LogP) is 2.92. The van der Waals surface area contributed by atoms with Crippen LogP contribution in [0, 0.1) is 19.8 Å². The molecule has 1 saturated carbocycles. The highest BCUT2D eigenvalue weighted by molar-refractivity contribution is 5.33. The maximum atomic E-state index is 10.3. The van der Waals surface area contributed by atoms with Crippen molar-refractivity contribution < 1.29 is 5.11 Å². The maximum absolute atomic E-state index is 10.3. The summed E-state index contributed by atoms with van der Waals surface area (Å²) in [6.07, 6.45) is 2.33. The Bertz CT molecular complexity index is 348. The Hall–Kier alpha value is -0.820. The zero-order valence-corrected chi connectivity index (χ0v) is 9.17. The number of aliphatic hydroxyl groups is 1. The molecule has 1 nitrogen and oxygen atoms in total. The number of aryl methyl sites for hydroxylation is 2. The SMILES string of the molecule is Cc1ccc(C(C)(O)C2CC2)cc1C. The molecule has 1 aromatic carbocycles. The van der Waals surface area contributed by atoms with Crippen molar-refractivity contribution in [3.63, 3.8) is 0 Å². The van der Waals surface area contributed by atoms with E-state index < -0.39 is 5.60 Å². The van der Waals surface area contributed by atoms with Crippen molar-refractivity contribution in [3.05, 3.63) is 34.9 Å². The van der Waals surface area contributed by atoms with Gasteiger partial charge in [-0.15, -0.1) is 0 Å². The van der Waals surface area contributed by atoms with Crippen molar-refractivity contribution in [1.29, 1.82) is 0 Å². The van der Waals surface area contributed by atoms with Gasteiger partial charge in [0.15, 0.2) is 0 Å². The molecule has 0 amide bonds. The van der Waals surface area contributed by atoms with E-state index in [4.69, 9.17) is 0 Å². The molecular formula is C13H18O. The van der Waals surface area contributed by atoms with Crippen LogP contribution in [-0.2, 0) is 5.60 Å². The predicted molar refractivity (Wildman–Crippen MR) is 58.2 cm³/mol. The highest BCUT2D eigenvalue weighted by Gasteiger charge is 2.41. The Morgan fingerprint density at radius 1 is 1.21 bits per heavy atom. The van der Waals surface area contributed by atoms with Gasteiger partial charge >= 0.3 is 0 Å². The zero-order valence-electron chi connectivity index (χ0n) is 9.17. The van der Waals surface area contributed by atoms with E-state index in [-0.39, 0.29) is 0 Å². The first kappa shape index (κ1) is 9.72. The Morgan fingerprint density at radius 3 is 2.36 bits per heavy atom. The molecule has 0 radical (unpaired) electrons. The molecule has 1 aliphatic rings. The lowest BCUT2D eigenvalue weighted by atomic mass is 9.89. The van der Waals surface area contributed by atoms with Crippen LogP contribution in [0.25, 0.3) is 0 Å². The minimum absolute atomic E-state index is 0.476. The van der Waals surface area contributed by atoms with Gasteiger partial charge in [0.2, 0.25) is 0 Å². The Labute approximate surface area is 85.8 Å². The molecule has 0 aromatic heterocycles. The van der Waals surface area contributed by atoms with Gasteiger partial charge in [0.05, 0.1) is 5.60 Å². The number of rotatable bonds is 2. The second kappa shape index (κ2) is 3.09. The van der Waals surface area contributed by atoms with E-state index in [1.807, 2.05) is 6.92 Å². The third-order valence-electron chi connectivity index (χ3n) is 3.46. The lowest BCUT2D eigenvalue weighted by Gasteiger charge is -2.24. The summed E-state index contributed by atoms with van der Waals surface area (Å²) < 4.78 is 0. The first-order valence-corrected chi connectivity index (χ1v) is 5.32. The number of hydrogen-bond acceptors (Lipinski definition) is 1. The highest BCUT2D eigenvalue weighted by Crippen LogP contribution is 2.45. The smallest absolute Gasteiger partial charge is 0.0896 e. The molecule has 0 aliphatic heterocycles. The fourth-order valence-electron chi connectivity index (χ4n) is 1.94. The minimum Gasteiger partial charge on any atom is -0.385 e. The second-order valence-corrected chi connectivity index (χ2v) is 4.72. The fourth-order valence-corrected chi connectivity index (χ4v) is 1.94. The summed E-state index contributed by atoms with van der Waals surface area (Å²) in [5.41, 5.74) is 3.02. The first-order chi connectivity index (χ1) is 6.51. The van der Waals surface area contributed by atoms with Crippen molar-refractivity contribution in [1.82, 2.24) is 0 Å². The van der Waals surface area contributed by atoms with Crippen LogP contribution < -0.4 is 0 Å². The molecule has 1 aromatic rings. The average Bonchev–Trinajstić information content (AvgIpc) is 2.92. The monoisotopic (exact) mass is 190 g/mol. The average molecular weight is 190 g/mol. The molecule has 0 bridgehead atoms. The van der Waals surface area contributed by atoms with E-state index in [1.165, 1.54) is 24.0 Å². The van der Waals surface area contributed by atoms with Crippen molar-refractivity contribution >= 4 is 0 Å². The van der Waals surface area contributed by atoms with E-state index in [0.717, 1.165) is 5.56 Å². The summed E-state index contributed by atoms with van der Waals surface area (Å²) >= 11 is 0. The lowest BCUT2D eigenvalue weighted by molar-refractivity contribution is 0.0330. The first-order valence-electron chi connectivity index (χ1n) is 5.32. The van der Waals surface area contributed by atoms with Crippen LogP contribution in [0.15, 0.2) is 18.2 Å². The van der Waals surface area contributed by atoms with Crippen LogP contribution in [0.2, 0.25) is 0 Å². The minimum atomic E-state index is -0.613. The summed E-state index contributed by atoms with van der Waals surface area (Å²) in [6, 6.07) is 6.27. The van der Waals surface area contributed by atoms with Crippen molar-refractivity contribution in [3.8, 4) is 0 Å². The molecule has 1 unspecified atom stereocenters. The van der Waals surface area contributed by atoms with E-state index in [9.17, 15) is 5.11 Å². The molecule has 1 atom stereocenters. The van der Waals surface area contributed by atoms with Gasteiger partial charge in [-0.25, -0.2) is 0 Å². The third kappa shape index (κ3) is 1.57. The van der Waals surface area contributed by atoms with Crippen molar-refractivity contribution in [2.45, 2.75) is 39.2 Å². The van der Waals surface area contributed by atoms with E-state index in [2.05, 4.69) is 32.0 Å². The largest absolute Gasteiger partial charge is 0.385 e. The molecule has 76 valence electrons. The molecule has 1 heteroatoms. The fraction of sp³-hybridized carbons (Fsp3) is 0.538. The van der Waals surface area contributed by atoms with Gasteiger partial charge in [-0.3, -0.25) is 0 Å². The Balaban J connectivity index is 2.36. The van der Waals surface area contributed by atoms with E-state index in [0.29, 0.717) is 5.92 Å². The van der Waals surface area contributed by atoms with E-state index >= 15 is 0 Å². The van der Waals surface area contributed by atoms with E-state index in [1.54, 1.807) is 0 Å². The molecule has 2 rings (SSSR count). The van der Waals surface area contributed by atoms with Gasteiger partial charge in [-0.05, 0) is 56.2 Å². The summed E-state index contributed by atoms with van der Waals surface area (Å²) in [5.74, 6) is 0.476. The molecule has 1 fully saturated rings. The van der Waals surface area contributed by atoms with Crippen LogP contribution in [0.1, 0.15) is 36.5 Å². The van der Waals surface area contributed by atoms with Gasteiger partial charge < -0.3 is 5.11 Å².